The summed E-state index contributed by atoms with van der Waals surface area (Å²) in [6.07, 6.45) is 0. The Balaban J connectivity index is 0.00000225. The molecule has 28 heavy (non-hydrogen) atoms. The Hall–Kier alpha value is -2.01. The molecule has 0 bridgehead atoms. The number of halogens is 1. The van der Waals surface area contributed by atoms with Crippen LogP contribution in [-0.2, 0) is 7.05 Å². The average Bonchev–Trinajstić information content (AvgIpc) is 3.34. The average molecular weight is 426 g/mol. The third-order valence-electron chi connectivity index (χ3n) is 4.90. The second kappa shape index (κ2) is 8.16. The molecule has 4 heterocycles. The van der Waals surface area contributed by atoms with Gasteiger partial charge in [0.15, 0.2) is 5.82 Å². The molecule has 0 radical (unpaired) electrons. The number of hydrogen-bond donors (Lipinski definition) is 2. The van der Waals surface area contributed by atoms with Crippen LogP contribution in [0.4, 0.5) is 0 Å². The van der Waals surface area contributed by atoms with Gasteiger partial charge in [-0.25, -0.2) is 0 Å². The minimum atomic E-state index is -0.370. The van der Waals surface area contributed by atoms with Crippen LogP contribution in [0.1, 0.15) is 46.1 Å². The molecule has 1 amide bonds. The number of thiophene rings is 1. The van der Waals surface area contributed by atoms with E-state index in [2.05, 4.69) is 30.8 Å². The maximum Gasteiger partial charge on any atom is 0.262 e. The maximum absolute atomic E-state index is 12.6. The van der Waals surface area contributed by atoms with Crippen molar-refractivity contribution in [1.82, 2.24) is 35.5 Å². The fourth-order valence-electron chi connectivity index (χ4n) is 3.30. The van der Waals surface area contributed by atoms with Crippen molar-refractivity contribution in [3.8, 4) is 0 Å². The number of piperazine rings is 1. The fourth-order valence-corrected chi connectivity index (χ4v) is 4.33. The van der Waals surface area contributed by atoms with Gasteiger partial charge in [-0.05, 0) is 27.0 Å². The molecule has 2 N–H and O–H groups in total. The van der Waals surface area contributed by atoms with Crippen LogP contribution in [0.15, 0.2) is 10.6 Å². The second-order valence-electron chi connectivity index (χ2n) is 6.92. The van der Waals surface area contributed by atoms with E-state index in [4.69, 9.17) is 4.52 Å². The Morgan fingerprint density at radius 3 is 2.96 bits per heavy atom. The highest BCUT2D eigenvalue weighted by Gasteiger charge is 2.27. The van der Waals surface area contributed by atoms with Crippen LogP contribution in [-0.4, -0.2) is 57.4 Å². The van der Waals surface area contributed by atoms with E-state index in [0.717, 1.165) is 35.5 Å². The van der Waals surface area contributed by atoms with Crippen molar-refractivity contribution in [2.24, 2.45) is 7.05 Å². The molecule has 4 rings (SSSR count). The van der Waals surface area contributed by atoms with E-state index in [1.807, 2.05) is 34.0 Å². The van der Waals surface area contributed by atoms with Gasteiger partial charge >= 0.3 is 0 Å². The molecule has 0 aromatic carbocycles. The summed E-state index contributed by atoms with van der Waals surface area (Å²) >= 11 is 1.43. The molecule has 2 unspecified atom stereocenters. The van der Waals surface area contributed by atoms with E-state index < -0.39 is 0 Å². The first-order valence-electron chi connectivity index (χ1n) is 8.92. The van der Waals surface area contributed by atoms with Gasteiger partial charge in [-0.3, -0.25) is 14.4 Å². The van der Waals surface area contributed by atoms with Crippen molar-refractivity contribution in [3.05, 3.63) is 28.4 Å². The Labute approximate surface area is 172 Å². The van der Waals surface area contributed by atoms with Gasteiger partial charge < -0.3 is 15.2 Å². The minimum Gasteiger partial charge on any atom is -0.340 e. The SMILES string of the molecule is Cc1nn(C)c2sc(C(=O)NC(C)c3nc(C4CNCCN4C)no3)cc12.Cl. The molecule has 0 spiro atoms. The summed E-state index contributed by atoms with van der Waals surface area (Å²) < 4.78 is 7.21. The highest BCUT2D eigenvalue weighted by molar-refractivity contribution is 7.20. The number of rotatable bonds is 4. The van der Waals surface area contributed by atoms with Gasteiger partial charge in [-0.1, -0.05) is 5.16 Å². The number of nitrogens with zero attached hydrogens (tertiary/aromatic N) is 5. The van der Waals surface area contributed by atoms with Crippen LogP contribution in [0, 0.1) is 6.92 Å². The largest absolute Gasteiger partial charge is 0.340 e. The zero-order valence-corrected chi connectivity index (χ0v) is 17.9. The third kappa shape index (κ3) is 3.77. The second-order valence-corrected chi connectivity index (χ2v) is 7.96. The number of nitrogens with one attached hydrogen (secondary N) is 2. The highest BCUT2D eigenvalue weighted by Crippen LogP contribution is 2.28. The lowest BCUT2D eigenvalue weighted by molar-refractivity contribution is 0.0936. The molecule has 152 valence electrons. The minimum absolute atomic E-state index is 0. The van der Waals surface area contributed by atoms with Gasteiger partial charge in [-0.15, -0.1) is 23.7 Å². The molecular weight excluding hydrogens is 402 g/mol. The standard InChI is InChI=1S/C17H23N7O2S.ClH/c1-9-11-7-13(27-17(11)24(4)21-9)15(25)19-10(2)16-20-14(22-26-16)12-8-18-5-6-23(12)3;/h7,10,12,18H,5-6,8H2,1-4H3,(H,19,25);1H. The van der Waals surface area contributed by atoms with E-state index in [-0.39, 0.29) is 30.4 Å². The van der Waals surface area contributed by atoms with Gasteiger partial charge in [0.05, 0.1) is 16.6 Å². The molecule has 1 saturated heterocycles. The normalized spacial score (nSPS) is 18.8. The number of fused-ring (bicyclic) bond motifs is 1. The molecule has 9 nitrogen and oxygen atoms in total. The monoisotopic (exact) mass is 425 g/mol. The summed E-state index contributed by atoms with van der Waals surface area (Å²) in [4.78, 5) is 21.0. The molecular formula is C17H24ClN7O2S. The predicted molar refractivity (Wildman–Crippen MR) is 109 cm³/mol. The van der Waals surface area contributed by atoms with Crippen molar-refractivity contribution in [1.29, 1.82) is 0 Å². The molecule has 3 aromatic heterocycles. The summed E-state index contributed by atoms with van der Waals surface area (Å²) in [6.45, 7) is 6.45. The maximum atomic E-state index is 12.6. The number of carbonyl (C=O) groups is 1. The first-order valence-corrected chi connectivity index (χ1v) is 9.74. The summed E-state index contributed by atoms with van der Waals surface area (Å²) in [7, 11) is 3.93. The smallest absolute Gasteiger partial charge is 0.262 e. The van der Waals surface area contributed by atoms with Crippen LogP contribution in [0.2, 0.25) is 0 Å². The van der Waals surface area contributed by atoms with Crippen molar-refractivity contribution < 1.29 is 9.32 Å². The number of hydrogen-bond acceptors (Lipinski definition) is 8. The van der Waals surface area contributed by atoms with Crippen molar-refractivity contribution in [3.63, 3.8) is 0 Å². The Morgan fingerprint density at radius 1 is 1.46 bits per heavy atom. The summed E-state index contributed by atoms with van der Waals surface area (Å²) in [5.41, 5.74) is 0.919. The highest BCUT2D eigenvalue weighted by atomic mass is 35.5. The van der Waals surface area contributed by atoms with Crippen LogP contribution >= 0.6 is 23.7 Å². The molecule has 2 atom stereocenters. The number of likely N-dealkylation sites (N-methyl/N-ethyl adjacent to an activating group) is 1. The summed E-state index contributed by atoms with van der Waals surface area (Å²) in [6, 6.07) is 1.59. The Bertz CT molecular complexity index is 947. The van der Waals surface area contributed by atoms with E-state index >= 15 is 0 Å². The zero-order chi connectivity index (χ0) is 19.1. The zero-order valence-electron chi connectivity index (χ0n) is 16.2. The van der Waals surface area contributed by atoms with Crippen molar-refractivity contribution in [2.45, 2.75) is 25.9 Å². The number of carbonyl (C=O) groups excluding carboxylic acids is 1. The van der Waals surface area contributed by atoms with Gasteiger partial charge in [-0.2, -0.15) is 10.1 Å². The third-order valence-corrected chi connectivity index (χ3v) is 6.11. The summed E-state index contributed by atoms with van der Waals surface area (Å²) in [5.74, 6) is 0.903. The lowest BCUT2D eigenvalue weighted by Gasteiger charge is -2.30. The lowest BCUT2D eigenvalue weighted by Crippen LogP contribution is -2.44. The van der Waals surface area contributed by atoms with Crippen LogP contribution in [0.5, 0.6) is 0 Å². The van der Waals surface area contributed by atoms with Crippen LogP contribution in [0.3, 0.4) is 0 Å². The molecule has 11 heteroatoms. The molecule has 1 aliphatic rings. The van der Waals surface area contributed by atoms with E-state index in [1.54, 1.807) is 4.68 Å². The Morgan fingerprint density at radius 2 is 2.25 bits per heavy atom. The molecule has 1 fully saturated rings. The molecule has 0 aliphatic carbocycles. The Kier molecular flexibility index (Phi) is 6.04. The van der Waals surface area contributed by atoms with Gasteiger partial charge in [0.1, 0.15) is 10.9 Å². The van der Waals surface area contributed by atoms with Crippen molar-refractivity contribution >= 4 is 39.9 Å². The van der Waals surface area contributed by atoms with Crippen LogP contribution in [0.25, 0.3) is 10.2 Å². The molecule has 0 saturated carbocycles. The lowest BCUT2D eigenvalue weighted by atomic mass is 10.2. The van der Waals surface area contributed by atoms with Gasteiger partial charge in [0.25, 0.3) is 5.91 Å². The quantitative estimate of drug-likeness (QED) is 0.657. The fraction of sp³-hybridized carbons (Fsp3) is 0.529. The van der Waals surface area contributed by atoms with E-state index in [9.17, 15) is 4.79 Å². The first kappa shape index (κ1) is 20.7. The van der Waals surface area contributed by atoms with Gasteiger partial charge in [0, 0.05) is 32.1 Å². The number of aromatic nitrogens is 4. The summed E-state index contributed by atoms with van der Waals surface area (Å²) in [5, 5.41) is 15.8. The molecule has 1 aliphatic heterocycles. The number of amides is 1. The number of aryl methyl sites for hydroxylation is 2. The van der Waals surface area contributed by atoms with Gasteiger partial charge in [0.2, 0.25) is 5.89 Å². The van der Waals surface area contributed by atoms with Crippen LogP contribution < -0.4 is 10.6 Å². The molecule has 3 aromatic rings. The predicted octanol–water partition coefficient (Wildman–Crippen LogP) is 1.82. The van der Waals surface area contributed by atoms with E-state index in [1.165, 1.54) is 11.3 Å². The first-order chi connectivity index (χ1) is 12.9. The topological polar surface area (TPSA) is 101 Å². The van der Waals surface area contributed by atoms with Crippen molar-refractivity contribution in [2.75, 3.05) is 26.7 Å². The van der Waals surface area contributed by atoms with E-state index in [0.29, 0.717) is 16.6 Å².